The Labute approximate surface area is 561 Å². The third-order valence-electron chi connectivity index (χ3n) is 21.2. The Morgan fingerprint density at radius 1 is 0.319 bits per heavy atom. The Morgan fingerprint density at radius 3 is 1.05 bits per heavy atom. The summed E-state index contributed by atoms with van der Waals surface area (Å²) in [4.78, 5) is 41.6. The maximum atomic E-state index is 15.9. The van der Waals surface area contributed by atoms with E-state index in [1.165, 1.54) is 230 Å². The maximum absolute atomic E-state index is 15.9. The van der Waals surface area contributed by atoms with Crippen molar-refractivity contribution in [2.75, 3.05) is 13.1 Å². The molecule has 2 aliphatic heterocycles. The van der Waals surface area contributed by atoms with E-state index in [4.69, 9.17) is 0 Å². The number of unbranched alkanes of at least 4 members (excludes halogenated alkanes) is 22. The fraction of sp³-hybridized carbons (Fsp3) is 0.500. The van der Waals surface area contributed by atoms with Crippen LogP contribution in [0.5, 0.6) is 0 Å². The third-order valence-corrected chi connectivity index (χ3v) is 24.4. The predicted molar refractivity (Wildman–Crippen MR) is 394 cm³/mol. The number of amides is 2. The molecule has 2 aliphatic carbocycles. The highest BCUT2D eigenvalue weighted by Gasteiger charge is 2.50. The normalized spacial score (nSPS) is 15.2. The molecule has 0 saturated carbocycles. The number of hydrogen-bond donors (Lipinski definition) is 0. The van der Waals surface area contributed by atoms with E-state index in [1.54, 1.807) is 22.7 Å². The van der Waals surface area contributed by atoms with Crippen LogP contribution in [-0.4, -0.2) is 34.7 Å². The molecule has 0 fully saturated rings. The second-order valence-electron chi connectivity index (χ2n) is 27.4. The lowest BCUT2D eigenvalue weighted by Gasteiger charge is -2.33. The smallest absolute Gasteiger partial charge is 0.261 e. The van der Waals surface area contributed by atoms with E-state index in [9.17, 15) is 0 Å². The largest absolute Gasteiger partial charge is 0.306 e. The molecule has 11 rings (SSSR count). The number of hydrogen-bond acceptors (Lipinski definition) is 5. The van der Waals surface area contributed by atoms with Crippen molar-refractivity contribution in [2.24, 2.45) is 0 Å². The molecular formula is C84H106N2O2S3. The Hall–Kier alpha value is -5.60. The average molecular weight is 1270 g/mol. The second kappa shape index (κ2) is 32.0. The van der Waals surface area contributed by atoms with Gasteiger partial charge in [-0.05, 0) is 154 Å². The van der Waals surface area contributed by atoms with E-state index in [0.29, 0.717) is 24.2 Å². The number of benzene rings is 4. The summed E-state index contributed by atoms with van der Waals surface area (Å²) in [5.41, 5.74) is 18.3. The Bertz CT molecular complexity index is 3600. The van der Waals surface area contributed by atoms with Gasteiger partial charge in [-0.25, -0.2) is 0 Å². The number of carbonyl (C=O) groups excluding carboxylic acids is 2. The summed E-state index contributed by atoms with van der Waals surface area (Å²) in [7, 11) is 0. The number of nitrogens with zero attached hydrogens (tertiary/aromatic N) is 2. The first-order valence-corrected chi connectivity index (χ1v) is 39.2. The molecule has 0 saturated heterocycles. The zero-order valence-corrected chi connectivity index (χ0v) is 59.0. The highest BCUT2D eigenvalue weighted by atomic mass is 32.1. The molecule has 2 amide bonds. The Kier molecular flexibility index (Phi) is 23.5. The summed E-state index contributed by atoms with van der Waals surface area (Å²) in [6, 6.07) is 44.9. The van der Waals surface area contributed by atoms with Crippen molar-refractivity contribution in [1.82, 2.24) is 9.80 Å². The van der Waals surface area contributed by atoms with Crippen LogP contribution in [0, 0.1) is 0 Å². The number of rotatable bonds is 39. The Balaban J connectivity index is 0.998. The van der Waals surface area contributed by atoms with Crippen molar-refractivity contribution < 1.29 is 9.59 Å². The van der Waals surface area contributed by atoms with E-state index in [2.05, 4.69) is 167 Å². The highest BCUT2D eigenvalue weighted by Crippen LogP contribution is 2.59. The van der Waals surface area contributed by atoms with Gasteiger partial charge in [-0.3, -0.25) is 9.59 Å². The number of carbonyl (C=O) groups is 2. The molecule has 0 atom stereocenters. The van der Waals surface area contributed by atoms with Crippen molar-refractivity contribution >= 4 is 57.2 Å². The van der Waals surface area contributed by atoms with Crippen LogP contribution in [0.25, 0.3) is 65.0 Å². The minimum Gasteiger partial charge on any atom is -0.306 e. The summed E-state index contributed by atoms with van der Waals surface area (Å²) in [6.45, 7) is 15.1. The van der Waals surface area contributed by atoms with Crippen LogP contribution in [-0.2, 0) is 20.4 Å². The van der Waals surface area contributed by atoms with Crippen LogP contribution in [0.4, 0.5) is 0 Å². The lowest BCUT2D eigenvalue weighted by Crippen LogP contribution is -2.30. The third kappa shape index (κ3) is 14.1. The first kappa shape index (κ1) is 66.8. The standard InChI is InChI=1S/C84H106N2O2S3/c1-7-13-19-25-27-35-55-85-79(75-49-47-73(90-75)62-42-45-65-64-38-29-30-39-68(64)83(69(65)59-62,51-31-21-15-9-3)52-32-22-16-10-4)77-78(82(85)88)80(86(81(77)87)56-36-28-26-20-14-8-2)76-50-48-74(91-76)63-43-46-67-66-44-41-61(72-40-37-57-89-72)58-70(66)84(71(67)60-63,53-33-23-17-11-5)54-34-24-18-12-6/h29-30,37-50,57-60H,7-28,31-36,51-56H2,1-6H3. The molecule has 482 valence electrons. The van der Waals surface area contributed by atoms with Gasteiger partial charge < -0.3 is 9.80 Å². The minimum atomic E-state index is -0.0713. The molecule has 91 heavy (non-hydrogen) atoms. The van der Waals surface area contributed by atoms with Gasteiger partial charge in [0.1, 0.15) is 0 Å². The molecule has 7 aromatic rings. The first-order valence-electron chi connectivity index (χ1n) is 36.7. The monoisotopic (exact) mass is 1270 g/mol. The van der Waals surface area contributed by atoms with Crippen molar-refractivity contribution in [2.45, 2.75) is 258 Å². The average Bonchev–Trinajstić information content (AvgIpc) is 1.59. The van der Waals surface area contributed by atoms with Crippen molar-refractivity contribution in [3.05, 3.63) is 164 Å². The predicted octanol–water partition coefficient (Wildman–Crippen LogP) is 25.8. The van der Waals surface area contributed by atoms with Crippen molar-refractivity contribution in [1.29, 1.82) is 0 Å². The van der Waals surface area contributed by atoms with Gasteiger partial charge in [0.05, 0.1) is 32.3 Å². The van der Waals surface area contributed by atoms with Crippen LogP contribution >= 0.6 is 34.0 Å². The van der Waals surface area contributed by atoms with E-state index in [1.807, 2.05) is 16.2 Å². The Morgan fingerprint density at radius 2 is 0.659 bits per heavy atom. The summed E-state index contributed by atoms with van der Waals surface area (Å²) in [5.74, 6) is -0.00626. The first-order chi connectivity index (χ1) is 44.7. The molecule has 5 heterocycles. The van der Waals surface area contributed by atoms with Crippen LogP contribution in [0.3, 0.4) is 0 Å². The van der Waals surface area contributed by atoms with Gasteiger partial charge in [0.2, 0.25) is 0 Å². The fourth-order valence-corrected chi connectivity index (χ4v) is 19.1. The lowest BCUT2D eigenvalue weighted by molar-refractivity contribution is -0.124. The molecule has 0 N–H and O–H groups in total. The van der Waals surface area contributed by atoms with Gasteiger partial charge in [-0.1, -0.05) is 275 Å². The molecule has 4 aromatic carbocycles. The topological polar surface area (TPSA) is 40.6 Å². The van der Waals surface area contributed by atoms with Crippen LogP contribution in [0.15, 0.2) is 132 Å². The van der Waals surface area contributed by atoms with E-state index >= 15 is 9.59 Å². The quantitative estimate of drug-likeness (QED) is 0.0360. The maximum Gasteiger partial charge on any atom is 0.261 e. The summed E-state index contributed by atoms with van der Waals surface area (Å²) < 4.78 is 0. The highest BCUT2D eigenvalue weighted by molar-refractivity contribution is 7.17. The molecule has 3 aromatic heterocycles. The molecule has 0 unspecified atom stereocenters. The van der Waals surface area contributed by atoms with Crippen LogP contribution in [0.1, 0.15) is 279 Å². The SMILES string of the molecule is CCCCCCCCN1C(=O)C2=C(c3ccc(-c4ccc5c(c4)C(CCCCCC)(CCCCCC)c4cc(-c6cccs6)ccc4-5)s3)N(CCCCCCCC)C(=O)C2=C1c1ccc(-c2ccc3c(c2)C(CCCCCC)(CCCCCC)c2ccccc2-3)s1. The minimum absolute atomic E-state index is 0.00313. The zero-order valence-electron chi connectivity index (χ0n) is 56.5. The fourth-order valence-electron chi connectivity index (χ4n) is 16.3. The van der Waals surface area contributed by atoms with Crippen molar-refractivity contribution in [3.8, 4) is 53.6 Å². The molecule has 0 bridgehead atoms. The van der Waals surface area contributed by atoms with Gasteiger partial charge in [0.15, 0.2) is 0 Å². The molecule has 7 heteroatoms. The van der Waals surface area contributed by atoms with Gasteiger partial charge in [-0.2, -0.15) is 0 Å². The molecule has 4 nitrogen and oxygen atoms in total. The summed E-state index contributed by atoms with van der Waals surface area (Å²) in [6.07, 6.45) is 38.2. The summed E-state index contributed by atoms with van der Waals surface area (Å²) >= 11 is 5.39. The molecule has 4 aliphatic rings. The van der Waals surface area contributed by atoms with Gasteiger partial charge in [-0.15, -0.1) is 34.0 Å². The van der Waals surface area contributed by atoms with Crippen LogP contribution < -0.4 is 0 Å². The van der Waals surface area contributed by atoms with Gasteiger partial charge >= 0.3 is 0 Å². The number of thiophene rings is 3. The van der Waals surface area contributed by atoms with Crippen LogP contribution in [0.2, 0.25) is 0 Å². The van der Waals surface area contributed by atoms with Gasteiger partial charge in [0, 0.05) is 38.6 Å². The zero-order chi connectivity index (χ0) is 63.2. The van der Waals surface area contributed by atoms with Crippen molar-refractivity contribution in [3.63, 3.8) is 0 Å². The van der Waals surface area contributed by atoms with E-state index < -0.39 is 0 Å². The second-order valence-corrected chi connectivity index (χ2v) is 30.6. The molecule has 0 radical (unpaired) electrons. The number of fused-ring (bicyclic) bond motifs is 7. The lowest BCUT2D eigenvalue weighted by atomic mass is 9.70. The molecular weight excluding hydrogens is 1170 g/mol. The molecule has 0 spiro atoms. The van der Waals surface area contributed by atoms with E-state index in [-0.39, 0.29) is 22.6 Å². The summed E-state index contributed by atoms with van der Waals surface area (Å²) in [5, 5.41) is 2.21. The van der Waals surface area contributed by atoms with Gasteiger partial charge in [0.25, 0.3) is 11.8 Å². The van der Waals surface area contributed by atoms with E-state index in [0.717, 1.165) is 72.5 Å².